The minimum Gasteiger partial charge on any atom is -0.481 e. The molecule has 6 heteroatoms. The van der Waals surface area contributed by atoms with Crippen LogP contribution in [0, 0.1) is 5.92 Å². The average molecular weight is 347 g/mol. The van der Waals surface area contributed by atoms with E-state index in [1.54, 1.807) is 0 Å². The second-order valence-electron chi connectivity index (χ2n) is 6.89. The van der Waals surface area contributed by atoms with E-state index in [2.05, 4.69) is 34.6 Å². The van der Waals surface area contributed by atoms with E-state index in [1.807, 2.05) is 12.1 Å². The first-order valence-electron chi connectivity index (χ1n) is 9.06. The predicted molar refractivity (Wildman–Crippen MR) is 97.2 cm³/mol. The molecule has 1 fully saturated rings. The lowest BCUT2D eigenvalue weighted by atomic mass is 9.98. The fraction of sp³-hybridized carbons (Fsp3) is 0.579. The van der Waals surface area contributed by atoms with Crippen molar-refractivity contribution in [3.05, 3.63) is 35.4 Å². The third-order valence-electron chi connectivity index (χ3n) is 4.58. The Morgan fingerprint density at radius 1 is 1.20 bits per heavy atom. The number of hydrogen-bond donors (Lipinski definition) is 3. The fourth-order valence-electron chi connectivity index (χ4n) is 3.00. The molecule has 25 heavy (non-hydrogen) atoms. The Morgan fingerprint density at radius 3 is 2.64 bits per heavy atom. The number of carbonyl (C=O) groups is 2. The van der Waals surface area contributed by atoms with E-state index in [1.165, 1.54) is 18.4 Å². The van der Waals surface area contributed by atoms with E-state index < -0.39 is 5.97 Å². The largest absolute Gasteiger partial charge is 0.481 e. The highest BCUT2D eigenvalue weighted by atomic mass is 16.4. The number of carbonyl (C=O) groups excluding carboxylic acids is 1. The Bertz CT molecular complexity index is 569. The zero-order valence-electron chi connectivity index (χ0n) is 15.0. The molecule has 138 valence electrons. The van der Waals surface area contributed by atoms with Crippen LogP contribution in [0.3, 0.4) is 0 Å². The summed E-state index contributed by atoms with van der Waals surface area (Å²) in [6.07, 6.45) is 3.04. The molecule has 0 unspecified atom stereocenters. The van der Waals surface area contributed by atoms with E-state index in [9.17, 15) is 9.59 Å². The van der Waals surface area contributed by atoms with Crippen LogP contribution in [0.4, 0.5) is 4.79 Å². The van der Waals surface area contributed by atoms with E-state index in [-0.39, 0.29) is 12.5 Å². The molecule has 1 heterocycles. The maximum Gasteiger partial charge on any atom is 0.315 e. The van der Waals surface area contributed by atoms with Crippen LogP contribution in [0.1, 0.15) is 43.7 Å². The van der Waals surface area contributed by atoms with Gasteiger partial charge in [0.25, 0.3) is 0 Å². The molecule has 2 rings (SSSR count). The zero-order chi connectivity index (χ0) is 18.1. The molecule has 2 amide bonds. The van der Waals surface area contributed by atoms with Gasteiger partial charge >= 0.3 is 12.0 Å². The number of aliphatic carboxylic acids is 1. The highest BCUT2D eigenvalue weighted by Crippen LogP contribution is 2.18. The smallest absolute Gasteiger partial charge is 0.315 e. The molecule has 1 aliphatic heterocycles. The molecule has 0 radical (unpaired) electrons. The van der Waals surface area contributed by atoms with Gasteiger partial charge in [-0.2, -0.15) is 0 Å². The fourth-order valence-corrected chi connectivity index (χ4v) is 3.00. The Kier molecular flexibility index (Phi) is 7.73. The molecule has 1 aromatic rings. The van der Waals surface area contributed by atoms with Crippen LogP contribution >= 0.6 is 0 Å². The van der Waals surface area contributed by atoms with Crippen molar-refractivity contribution in [2.45, 2.75) is 45.7 Å². The number of hydrogen-bond acceptors (Lipinski definition) is 3. The van der Waals surface area contributed by atoms with Crippen LogP contribution in [-0.4, -0.2) is 41.6 Å². The Morgan fingerprint density at radius 2 is 1.92 bits per heavy atom. The quantitative estimate of drug-likeness (QED) is 0.631. The monoisotopic (exact) mass is 347 g/mol. The van der Waals surface area contributed by atoms with Gasteiger partial charge in [-0.05, 0) is 49.4 Å². The molecular weight excluding hydrogens is 318 g/mol. The molecule has 0 spiro atoms. The van der Waals surface area contributed by atoms with Crippen LogP contribution in [0.15, 0.2) is 24.3 Å². The van der Waals surface area contributed by atoms with Crippen molar-refractivity contribution in [1.82, 2.24) is 15.5 Å². The minimum absolute atomic E-state index is 0.0671. The number of amides is 2. The van der Waals surface area contributed by atoms with Crippen molar-refractivity contribution in [3.63, 3.8) is 0 Å². The molecule has 1 aromatic carbocycles. The normalized spacial score (nSPS) is 15.7. The van der Waals surface area contributed by atoms with E-state index in [0.29, 0.717) is 19.5 Å². The maximum absolute atomic E-state index is 11.7. The summed E-state index contributed by atoms with van der Waals surface area (Å²) in [4.78, 5) is 24.6. The molecule has 0 aliphatic carbocycles. The topological polar surface area (TPSA) is 81.7 Å². The van der Waals surface area contributed by atoms with Crippen LogP contribution in [-0.2, 0) is 17.9 Å². The Labute approximate surface area is 149 Å². The summed E-state index contributed by atoms with van der Waals surface area (Å²) in [5.41, 5.74) is 2.35. The summed E-state index contributed by atoms with van der Waals surface area (Å²) < 4.78 is 0. The number of carboxylic acid groups (broad SMARTS) is 1. The SMILES string of the molecule is CC1CCN(Cc2cccc(CNC(=O)NCCCC(=O)O)c2)CC1. The van der Waals surface area contributed by atoms with Gasteiger partial charge in [0.1, 0.15) is 0 Å². The molecule has 0 saturated carbocycles. The summed E-state index contributed by atoms with van der Waals surface area (Å²) in [5, 5.41) is 14.0. The first-order valence-corrected chi connectivity index (χ1v) is 9.06. The lowest BCUT2D eigenvalue weighted by Gasteiger charge is -2.30. The summed E-state index contributed by atoms with van der Waals surface area (Å²) in [7, 11) is 0. The Balaban J connectivity index is 1.71. The van der Waals surface area contributed by atoms with E-state index in [4.69, 9.17) is 5.11 Å². The lowest BCUT2D eigenvalue weighted by Crippen LogP contribution is -2.35. The second kappa shape index (κ2) is 10.0. The van der Waals surface area contributed by atoms with Gasteiger partial charge in [0.2, 0.25) is 0 Å². The molecule has 0 atom stereocenters. The number of nitrogens with one attached hydrogen (secondary N) is 2. The second-order valence-corrected chi connectivity index (χ2v) is 6.89. The highest BCUT2D eigenvalue weighted by molar-refractivity contribution is 5.73. The van der Waals surface area contributed by atoms with Gasteiger partial charge in [-0.15, -0.1) is 0 Å². The van der Waals surface area contributed by atoms with Gasteiger partial charge in [0, 0.05) is 26.1 Å². The summed E-state index contributed by atoms with van der Waals surface area (Å²) in [6, 6.07) is 8.05. The zero-order valence-corrected chi connectivity index (χ0v) is 15.0. The summed E-state index contributed by atoms with van der Waals surface area (Å²) >= 11 is 0. The molecule has 3 N–H and O–H groups in total. The number of urea groups is 1. The minimum atomic E-state index is -0.845. The van der Waals surface area contributed by atoms with Gasteiger partial charge in [-0.1, -0.05) is 31.2 Å². The van der Waals surface area contributed by atoms with Crippen molar-refractivity contribution >= 4 is 12.0 Å². The van der Waals surface area contributed by atoms with Crippen molar-refractivity contribution in [2.24, 2.45) is 5.92 Å². The average Bonchev–Trinajstić information content (AvgIpc) is 2.59. The molecule has 0 bridgehead atoms. The van der Waals surface area contributed by atoms with Crippen LogP contribution in [0.25, 0.3) is 0 Å². The van der Waals surface area contributed by atoms with Crippen LogP contribution in [0.5, 0.6) is 0 Å². The van der Waals surface area contributed by atoms with Crippen molar-refractivity contribution < 1.29 is 14.7 Å². The molecule has 6 nitrogen and oxygen atoms in total. The van der Waals surface area contributed by atoms with Crippen LogP contribution < -0.4 is 10.6 Å². The first kappa shape index (κ1) is 19.2. The lowest BCUT2D eigenvalue weighted by molar-refractivity contribution is -0.137. The van der Waals surface area contributed by atoms with Gasteiger partial charge < -0.3 is 15.7 Å². The van der Waals surface area contributed by atoms with Gasteiger partial charge in [-0.25, -0.2) is 4.79 Å². The maximum atomic E-state index is 11.7. The van der Waals surface area contributed by atoms with Gasteiger partial charge in [0.05, 0.1) is 0 Å². The first-order chi connectivity index (χ1) is 12.0. The standard InChI is InChI=1S/C19H29N3O3/c1-15-7-10-22(11-8-15)14-17-5-2-4-16(12-17)13-21-19(25)20-9-3-6-18(23)24/h2,4-5,12,15H,3,6-11,13-14H2,1H3,(H,23,24)(H2,20,21,25). The molecule has 1 aliphatic rings. The third kappa shape index (κ3) is 7.56. The summed E-state index contributed by atoms with van der Waals surface area (Å²) in [5.74, 6) is -0.0111. The number of rotatable bonds is 8. The third-order valence-corrected chi connectivity index (χ3v) is 4.58. The number of likely N-dealkylation sites (tertiary alicyclic amines) is 1. The number of piperidine rings is 1. The van der Waals surface area contributed by atoms with E-state index >= 15 is 0 Å². The van der Waals surface area contributed by atoms with Crippen LogP contribution in [0.2, 0.25) is 0 Å². The van der Waals surface area contributed by atoms with Gasteiger partial charge in [-0.3, -0.25) is 9.69 Å². The van der Waals surface area contributed by atoms with Crippen molar-refractivity contribution in [1.29, 1.82) is 0 Å². The molecule has 1 saturated heterocycles. The Hall–Kier alpha value is -2.08. The van der Waals surface area contributed by atoms with Crippen molar-refractivity contribution in [2.75, 3.05) is 19.6 Å². The number of benzene rings is 1. The predicted octanol–water partition coefficient (Wildman–Crippen LogP) is 2.58. The molecule has 0 aromatic heterocycles. The van der Waals surface area contributed by atoms with E-state index in [0.717, 1.165) is 31.1 Å². The van der Waals surface area contributed by atoms with Crippen molar-refractivity contribution in [3.8, 4) is 0 Å². The molecular formula is C19H29N3O3. The highest BCUT2D eigenvalue weighted by Gasteiger charge is 2.15. The number of carboxylic acids is 1. The van der Waals surface area contributed by atoms with Gasteiger partial charge in [0.15, 0.2) is 0 Å². The summed E-state index contributed by atoms with van der Waals surface area (Å²) in [6.45, 7) is 6.42. The number of nitrogens with zero attached hydrogens (tertiary/aromatic N) is 1.